The Kier molecular flexibility index (Phi) is 10.6. The number of carbonyl (C=O) groups excluding carboxylic acids is 2. The molecule has 0 bridgehead atoms. The molecule has 11 heteroatoms. The molecule has 0 heterocycles. The maximum atomic E-state index is 14.1. The molecule has 1 N–H and O–H groups in total. The first-order valence-corrected chi connectivity index (χ1v) is 16.0. The molecule has 0 radical (unpaired) electrons. The van der Waals surface area contributed by atoms with Crippen molar-refractivity contribution in [2.24, 2.45) is 0 Å². The molecule has 1 aliphatic rings. The third-order valence-electron chi connectivity index (χ3n) is 7.13. The van der Waals surface area contributed by atoms with E-state index in [2.05, 4.69) is 5.32 Å². The van der Waals surface area contributed by atoms with E-state index in [0.29, 0.717) is 21.5 Å². The summed E-state index contributed by atoms with van der Waals surface area (Å²) in [6, 6.07) is 18.2. The highest BCUT2D eigenvalue weighted by Crippen LogP contribution is 2.28. The number of amides is 2. The lowest BCUT2D eigenvalue weighted by Gasteiger charge is -2.33. The Morgan fingerprint density at radius 3 is 2.10 bits per heavy atom. The average molecular weight is 637 g/mol. The van der Waals surface area contributed by atoms with Crippen molar-refractivity contribution in [1.82, 2.24) is 10.2 Å². The van der Waals surface area contributed by atoms with Crippen molar-refractivity contribution in [3.8, 4) is 0 Å². The number of halogens is 3. The summed E-state index contributed by atoms with van der Waals surface area (Å²) in [5.41, 5.74) is 0.973. The fraction of sp³-hybridized carbons (Fsp3) is 0.333. The Labute approximate surface area is 256 Å². The first-order chi connectivity index (χ1) is 19.6. The number of benzene rings is 3. The molecule has 1 atom stereocenters. The molecule has 3 aromatic carbocycles. The van der Waals surface area contributed by atoms with Gasteiger partial charge in [-0.05, 0) is 79.4 Å². The molecule has 0 spiro atoms. The third kappa shape index (κ3) is 7.95. The highest BCUT2D eigenvalue weighted by molar-refractivity contribution is 7.92. The second-order valence-corrected chi connectivity index (χ2v) is 13.2. The van der Waals surface area contributed by atoms with Crippen LogP contribution in [0, 0.1) is 0 Å². The topological polar surface area (TPSA) is 86.8 Å². The van der Waals surface area contributed by atoms with Gasteiger partial charge in [0.1, 0.15) is 12.6 Å². The molecule has 218 valence electrons. The van der Waals surface area contributed by atoms with Gasteiger partial charge >= 0.3 is 0 Å². The molecular weight excluding hydrogens is 605 g/mol. The maximum absolute atomic E-state index is 14.1. The second kappa shape index (κ2) is 13.9. The SMILES string of the molecule is CC[C@@H](C(=O)NC1CCCC1)N(Cc1ccc(Cl)cc1)C(=O)CN(c1cccc(Cl)c1)S(=O)(=O)c1ccc(Cl)cc1. The van der Waals surface area contributed by atoms with Crippen LogP contribution in [-0.4, -0.2) is 43.8 Å². The summed E-state index contributed by atoms with van der Waals surface area (Å²) < 4.78 is 28.8. The average Bonchev–Trinajstić information content (AvgIpc) is 3.45. The molecule has 1 fully saturated rings. The number of nitrogens with one attached hydrogen (secondary N) is 1. The Morgan fingerprint density at radius 1 is 0.902 bits per heavy atom. The lowest BCUT2D eigenvalue weighted by Crippen LogP contribution is -2.53. The largest absolute Gasteiger partial charge is 0.352 e. The number of hydrogen-bond acceptors (Lipinski definition) is 4. The Balaban J connectivity index is 1.71. The van der Waals surface area contributed by atoms with Crippen molar-refractivity contribution >= 4 is 62.3 Å². The third-order valence-corrected chi connectivity index (χ3v) is 9.66. The molecule has 2 amide bonds. The fourth-order valence-corrected chi connectivity index (χ4v) is 6.81. The molecule has 1 aliphatic carbocycles. The van der Waals surface area contributed by atoms with Crippen LogP contribution in [0.2, 0.25) is 15.1 Å². The minimum Gasteiger partial charge on any atom is -0.352 e. The van der Waals surface area contributed by atoms with E-state index in [1.54, 1.807) is 42.5 Å². The molecule has 7 nitrogen and oxygen atoms in total. The Morgan fingerprint density at radius 2 is 1.51 bits per heavy atom. The van der Waals surface area contributed by atoms with Crippen LogP contribution >= 0.6 is 34.8 Å². The van der Waals surface area contributed by atoms with Gasteiger partial charge in [0.05, 0.1) is 10.6 Å². The highest BCUT2D eigenvalue weighted by Gasteiger charge is 2.34. The quantitative estimate of drug-likeness (QED) is 0.254. The summed E-state index contributed by atoms with van der Waals surface area (Å²) in [5, 5.41) is 4.33. The van der Waals surface area contributed by atoms with E-state index in [1.165, 1.54) is 35.2 Å². The van der Waals surface area contributed by atoms with Crippen molar-refractivity contribution in [2.45, 2.75) is 62.6 Å². The molecule has 0 aromatic heterocycles. The van der Waals surface area contributed by atoms with Crippen LogP contribution < -0.4 is 9.62 Å². The van der Waals surface area contributed by atoms with Crippen molar-refractivity contribution in [3.05, 3.63) is 93.4 Å². The highest BCUT2D eigenvalue weighted by atomic mass is 35.5. The van der Waals surface area contributed by atoms with Gasteiger partial charge in [-0.3, -0.25) is 13.9 Å². The summed E-state index contributed by atoms with van der Waals surface area (Å²) in [7, 11) is -4.22. The lowest BCUT2D eigenvalue weighted by molar-refractivity contribution is -0.140. The summed E-state index contributed by atoms with van der Waals surface area (Å²) in [5.74, 6) is -0.789. The van der Waals surface area contributed by atoms with Gasteiger partial charge in [-0.25, -0.2) is 8.42 Å². The van der Waals surface area contributed by atoms with Crippen LogP contribution in [0.4, 0.5) is 5.69 Å². The van der Waals surface area contributed by atoms with Gasteiger partial charge in [-0.2, -0.15) is 0 Å². The van der Waals surface area contributed by atoms with Crippen LogP contribution in [0.1, 0.15) is 44.6 Å². The summed E-state index contributed by atoms with van der Waals surface area (Å²) in [6.07, 6.45) is 4.24. The summed E-state index contributed by atoms with van der Waals surface area (Å²) >= 11 is 18.3. The molecule has 3 aromatic rings. The zero-order chi connectivity index (χ0) is 29.6. The van der Waals surface area contributed by atoms with Gasteiger partial charge in [0, 0.05) is 27.7 Å². The Hall–Kier alpha value is -2.78. The van der Waals surface area contributed by atoms with Crippen LogP contribution in [0.3, 0.4) is 0 Å². The van der Waals surface area contributed by atoms with E-state index < -0.39 is 28.5 Å². The maximum Gasteiger partial charge on any atom is 0.264 e. The standard InChI is InChI=1S/C30H32Cl3N3O4S/c1-2-28(30(38)34-25-7-3-4-8-25)35(19-21-10-12-22(31)13-11-21)29(37)20-36(26-9-5-6-24(33)18-26)41(39,40)27-16-14-23(32)15-17-27/h5-6,9-18,25,28H,2-4,7-8,19-20H2,1H3,(H,34,38)/t28-/m0/s1. The monoisotopic (exact) mass is 635 g/mol. The second-order valence-electron chi connectivity index (χ2n) is 10.0. The van der Waals surface area contributed by atoms with E-state index in [0.717, 1.165) is 35.6 Å². The van der Waals surface area contributed by atoms with Crippen molar-refractivity contribution in [2.75, 3.05) is 10.8 Å². The number of sulfonamides is 1. The van der Waals surface area contributed by atoms with Crippen LogP contribution in [0.5, 0.6) is 0 Å². The molecule has 0 aliphatic heterocycles. The van der Waals surface area contributed by atoms with Gasteiger partial charge in [0.25, 0.3) is 10.0 Å². The van der Waals surface area contributed by atoms with Gasteiger partial charge in [0.15, 0.2) is 0 Å². The van der Waals surface area contributed by atoms with E-state index in [1.807, 2.05) is 6.92 Å². The van der Waals surface area contributed by atoms with Crippen molar-refractivity contribution in [1.29, 1.82) is 0 Å². The fourth-order valence-electron chi connectivity index (χ4n) is 4.97. The Bertz CT molecular complexity index is 1460. The predicted molar refractivity (Wildman–Crippen MR) is 164 cm³/mol. The van der Waals surface area contributed by atoms with E-state index >= 15 is 0 Å². The molecule has 4 rings (SSSR count). The number of anilines is 1. The summed E-state index contributed by atoms with van der Waals surface area (Å²) in [4.78, 5) is 29.0. The minimum absolute atomic E-state index is 0.0371. The molecule has 1 saturated carbocycles. The van der Waals surface area contributed by atoms with Crippen molar-refractivity contribution < 1.29 is 18.0 Å². The van der Waals surface area contributed by atoms with E-state index in [4.69, 9.17) is 34.8 Å². The lowest BCUT2D eigenvalue weighted by atomic mass is 10.1. The molecule has 0 unspecified atom stereocenters. The van der Waals surface area contributed by atoms with Crippen LogP contribution in [-0.2, 0) is 26.2 Å². The molecule has 0 saturated heterocycles. The zero-order valence-corrected chi connectivity index (χ0v) is 25.7. The van der Waals surface area contributed by atoms with E-state index in [9.17, 15) is 18.0 Å². The van der Waals surface area contributed by atoms with Crippen LogP contribution in [0.25, 0.3) is 0 Å². The number of carbonyl (C=O) groups is 2. The van der Waals surface area contributed by atoms with Gasteiger partial charge in [0.2, 0.25) is 11.8 Å². The first-order valence-electron chi connectivity index (χ1n) is 13.5. The first kappa shape index (κ1) is 31.2. The molecular formula is C30H32Cl3N3O4S. The smallest absolute Gasteiger partial charge is 0.264 e. The molecule has 41 heavy (non-hydrogen) atoms. The summed E-state index contributed by atoms with van der Waals surface area (Å²) in [6.45, 7) is 1.38. The van der Waals surface area contributed by atoms with Crippen LogP contribution in [0.15, 0.2) is 77.7 Å². The van der Waals surface area contributed by atoms with Gasteiger partial charge in [-0.1, -0.05) is 72.8 Å². The van der Waals surface area contributed by atoms with Gasteiger partial charge in [-0.15, -0.1) is 0 Å². The number of hydrogen-bond donors (Lipinski definition) is 1. The van der Waals surface area contributed by atoms with Gasteiger partial charge < -0.3 is 10.2 Å². The minimum atomic E-state index is -4.22. The van der Waals surface area contributed by atoms with E-state index in [-0.39, 0.29) is 29.1 Å². The zero-order valence-electron chi connectivity index (χ0n) is 22.6. The number of nitrogens with zero attached hydrogens (tertiary/aromatic N) is 2. The normalized spacial score (nSPS) is 14.4. The number of rotatable bonds is 11. The predicted octanol–water partition coefficient (Wildman–Crippen LogP) is 6.71. The van der Waals surface area contributed by atoms with Crippen molar-refractivity contribution in [3.63, 3.8) is 0 Å².